The number of hydrogen-bond donors (Lipinski definition) is 3. The zero-order chi connectivity index (χ0) is 33.4. The molecule has 0 saturated carbocycles. The van der Waals surface area contributed by atoms with Gasteiger partial charge in [0.05, 0.1) is 9.79 Å². The Morgan fingerprint density at radius 3 is 1.02 bits per heavy atom. The van der Waals surface area contributed by atoms with Crippen LogP contribution in [0.1, 0.15) is 31.1 Å². The molecule has 0 aliphatic heterocycles. The Balaban J connectivity index is 0.00000299. The third kappa shape index (κ3) is 14.7. The van der Waals surface area contributed by atoms with E-state index >= 15 is 0 Å². The van der Waals surface area contributed by atoms with Crippen LogP contribution in [0.5, 0.6) is 0 Å². The Bertz CT molecular complexity index is 1970. The van der Waals surface area contributed by atoms with E-state index in [4.69, 9.17) is 12.6 Å². The van der Waals surface area contributed by atoms with Gasteiger partial charge in [0.15, 0.2) is 0 Å². The molecule has 0 aliphatic carbocycles. The van der Waals surface area contributed by atoms with Crippen molar-refractivity contribution < 1.29 is 142 Å². The summed E-state index contributed by atoms with van der Waals surface area (Å²) < 4.78 is 92.2. The third-order valence-electron chi connectivity index (χ3n) is 5.50. The predicted molar refractivity (Wildman–Crippen MR) is 154 cm³/mol. The molecule has 0 fully saturated rings. The molecule has 4 aromatic carbocycles. The fourth-order valence-corrected chi connectivity index (χ4v) is 4.45. The van der Waals surface area contributed by atoms with Crippen molar-refractivity contribution in [3.63, 3.8) is 0 Å². The molecular formula is C27H18N3Na3O12S3. The molecule has 0 saturated heterocycles. The standard InChI is InChI=1S/C27H20N3O9S2.3Na.O3S/c31-25(28-20-4-2-1-3-5-20)17-14-18(26(32)29-21-6-10-23(11-7-21)40(34,35)36)16-19(15-17)27(33)30-22-8-12-24(13-9-22)41(37,38)39;;;;1-4(2)3/h2-16H,(H,28,31)(H,29,32)(H,30,33)(H,34,35,36)(H,37,38,39);;;;/q-1;3*+1;/p-2. The maximum Gasteiger partial charge on any atom is 1.00 e. The fourth-order valence-electron chi connectivity index (χ4n) is 3.51. The molecule has 3 amide bonds. The van der Waals surface area contributed by atoms with Gasteiger partial charge in [0, 0.05) is 28.1 Å². The minimum atomic E-state index is -4.69. The van der Waals surface area contributed by atoms with Crippen molar-refractivity contribution in [1.29, 1.82) is 0 Å². The smallest absolute Gasteiger partial charge is 0.744 e. The summed E-state index contributed by atoms with van der Waals surface area (Å²) >= 11 is 0. The Hall–Kier alpha value is -2.27. The molecule has 0 spiro atoms. The normalized spacial score (nSPS) is 10.2. The molecule has 4 rings (SSSR count). The first kappa shape index (κ1) is 45.7. The first-order chi connectivity index (χ1) is 21.0. The second kappa shape index (κ2) is 20.4. The van der Waals surface area contributed by atoms with Gasteiger partial charge in [0.25, 0.3) is 17.7 Å². The first-order valence-corrected chi connectivity index (χ1v) is 15.8. The minimum Gasteiger partial charge on any atom is -0.744 e. The van der Waals surface area contributed by atoms with E-state index in [0.717, 1.165) is 24.3 Å². The van der Waals surface area contributed by atoms with Gasteiger partial charge in [-0.15, -0.1) is 24.8 Å². The molecular weight excluding hydrogens is 723 g/mol. The molecule has 15 nitrogen and oxygen atoms in total. The van der Waals surface area contributed by atoms with Crippen molar-refractivity contribution >= 4 is 65.6 Å². The van der Waals surface area contributed by atoms with E-state index in [1.54, 1.807) is 24.3 Å². The van der Waals surface area contributed by atoms with Crippen LogP contribution in [0.25, 0.3) is 0 Å². The van der Waals surface area contributed by atoms with Crippen molar-refractivity contribution in [1.82, 2.24) is 0 Å². The molecule has 234 valence electrons. The summed E-state index contributed by atoms with van der Waals surface area (Å²) in [6, 6.07) is 21.7. The van der Waals surface area contributed by atoms with Gasteiger partial charge in [0.1, 0.15) is 20.2 Å². The van der Waals surface area contributed by atoms with Gasteiger partial charge in [-0.3, -0.25) is 14.4 Å². The molecule has 4 aromatic rings. The minimum absolute atomic E-state index is 0. The fraction of sp³-hybridized carbons (Fsp3) is 0. The number of anilines is 3. The number of carbonyl (C=O) groups is 3. The number of amides is 3. The Labute approximate surface area is 342 Å². The zero-order valence-electron chi connectivity index (χ0n) is 25.3. The SMILES string of the molecule is O=C(Nc1cc[c-]cc1)c1cc(C(=O)Nc2ccc(S(=O)(=O)[O-])cc2)cc(C(=O)Nc2ccc(S(=O)(=O)[O-])cc2)c1.O=S(=O)=O.[Na+].[Na+].[Na+]. The predicted octanol–water partition coefficient (Wildman–Crippen LogP) is -6.94. The molecule has 3 N–H and O–H groups in total. The van der Waals surface area contributed by atoms with E-state index in [1.165, 1.54) is 42.5 Å². The average Bonchev–Trinajstić information content (AvgIpc) is 2.97. The summed E-state index contributed by atoms with van der Waals surface area (Å²) in [5, 5.41) is 7.63. The monoisotopic (exact) mass is 741 g/mol. The summed E-state index contributed by atoms with van der Waals surface area (Å²) in [5.41, 5.74) is 0.414. The largest absolute Gasteiger partial charge is 1.00 e. The van der Waals surface area contributed by atoms with E-state index in [9.17, 15) is 40.3 Å². The van der Waals surface area contributed by atoms with E-state index in [0.29, 0.717) is 5.69 Å². The molecule has 48 heavy (non-hydrogen) atoms. The van der Waals surface area contributed by atoms with Crippen LogP contribution in [0.15, 0.2) is 101 Å². The topological polar surface area (TPSA) is 253 Å². The third-order valence-corrected chi connectivity index (χ3v) is 7.20. The molecule has 0 aliphatic rings. The van der Waals surface area contributed by atoms with Gasteiger partial charge in [-0.05, 0) is 66.7 Å². The van der Waals surface area contributed by atoms with Crippen LogP contribution < -0.4 is 105 Å². The number of hydrogen-bond acceptors (Lipinski definition) is 12. The summed E-state index contributed by atoms with van der Waals surface area (Å²) in [6.07, 6.45) is 0. The van der Waals surface area contributed by atoms with Gasteiger partial charge in [0.2, 0.25) is 0 Å². The zero-order valence-corrected chi connectivity index (χ0v) is 33.7. The van der Waals surface area contributed by atoms with Gasteiger partial charge in [-0.2, -0.15) is 18.2 Å². The van der Waals surface area contributed by atoms with Gasteiger partial charge in [-0.1, -0.05) is 5.69 Å². The van der Waals surface area contributed by atoms with Crippen LogP contribution in [0.4, 0.5) is 17.1 Å². The molecule has 0 atom stereocenters. The second-order valence-electron chi connectivity index (χ2n) is 8.61. The van der Waals surface area contributed by atoms with Crippen LogP contribution in [-0.2, 0) is 30.8 Å². The van der Waals surface area contributed by atoms with E-state index in [-0.39, 0.29) is 117 Å². The van der Waals surface area contributed by atoms with Crippen LogP contribution in [0.2, 0.25) is 0 Å². The van der Waals surface area contributed by atoms with Crippen molar-refractivity contribution in [2.75, 3.05) is 16.0 Å². The van der Waals surface area contributed by atoms with E-state index in [1.807, 2.05) is 0 Å². The molecule has 0 bridgehead atoms. The maximum absolute atomic E-state index is 13.0. The summed E-state index contributed by atoms with van der Waals surface area (Å²) in [7, 11) is -12.5. The molecule has 0 unspecified atom stereocenters. The number of carbonyl (C=O) groups excluding carboxylic acids is 3. The maximum atomic E-state index is 13.0. The van der Waals surface area contributed by atoms with Gasteiger partial charge in [-0.25, -0.2) is 16.8 Å². The molecule has 0 heterocycles. The number of benzene rings is 4. The van der Waals surface area contributed by atoms with Gasteiger partial charge >= 0.3 is 99.3 Å². The summed E-state index contributed by atoms with van der Waals surface area (Å²) in [5.74, 6) is -2.16. The van der Waals surface area contributed by atoms with Gasteiger partial charge < -0.3 is 25.1 Å². The van der Waals surface area contributed by atoms with E-state index < -0.39 is 58.4 Å². The van der Waals surface area contributed by atoms with Crippen molar-refractivity contribution in [3.05, 3.63) is 114 Å². The quantitative estimate of drug-likeness (QED) is 0.0866. The van der Waals surface area contributed by atoms with Crippen molar-refractivity contribution in [3.8, 4) is 0 Å². The van der Waals surface area contributed by atoms with Crippen LogP contribution >= 0.6 is 0 Å². The first-order valence-electron chi connectivity index (χ1n) is 12.0. The van der Waals surface area contributed by atoms with Crippen molar-refractivity contribution in [2.45, 2.75) is 9.79 Å². The number of nitrogens with one attached hydrogen (secondary N) is 3. The Morgan fingerprint density at radius 2 is 0.771 bits per heavy atom. The number of rotatable bonds is 8. The summed E-state index contributed by atoms with van der Waals surface area (Å²) in [4.78, 5) is 38.1. The van der Waals surface area contributed by atoms with E-state index in [2.05, 4.69) is 22.0 Å². The molecule has 21 heteroatoms. The Kier molecular flexibility index (Phi) is 19.4. The Morgan fingerprint density at radius 1 is 0.521 bits per heavy atom. The second-order valence-corrected chi connectivity index (χ2v) is 11.8. The average molecular weight is 742 g/mol. The molecule has 0 radical (unpaired) electrons. The van der Waals surface area contributed by atoms with Crippen LogP contribution in [0.3, 0.4) is 0 Å². The molecule has 0 aromatic heterocycles. The van der Waals surface area contributed by atoms with Crippen LogP contribution in [-0.4, -0.2) is 56.3 Å². The van der Waals surface area contributed by atoms with Crippen molar-refractivity contribution in [2.24, 2.45) is 0 Å². The summed E-state index contributed by atoms with van der Waals surface area (Å²) in [6.45, 7) is 0. The van der Waals surface area contributed by atoms with Crippen LogP contribution in [0, 0.1) is 6.07 Å².